The van der Waals surface area contributed by atoms with Gasteiger partial charge in [0, 0.05) is 11.1 Å². The maximum atomic E-state index is 13.3. The van der Waals surface area contributed by atoms with Gasteiger partial charge >= 0.3 is 0 Å². The predicted molar refractivity (Wildman–Crippen MR) is 66.8 cm³/mol. The Kier molecular flexibility index (Phi) is 2.77. The highest BCUT2D eigenvalue weighted by Gasteiger charge is 2.15. The van der Waals surface area contributed by atoms with Gasteiger partial charge in [-0.2, -0.15) is 0 Å². The fourth-order valence-electron chi connectivity index (χ4n) is 1.69. The second-order valence-corrected chi connectivity index (χ2v) is 5.15. The number of aryl methyl sites for hydroxylation is 1. The quantitative estimate of drug-likeness (QED) is 0.746. The lowest BCUT2D eigenvalue weighted by Gasteiger charge is -2.21. The van der Waals surface area contributed by atoms with Gasteiger partial charge in [0.25, 0.3) is 0 Å². The van der Waals surface area contributed by atoms with E-state index in [1.165, 1.54) is 12.1 Å². The molecule has 0 aliphatic rings. The number of benzene rings is 1. The molecule has 0 atom stereocenters. The molecule has 0 aliphatic heterocycles. The third-order valence-electron chi connectivity index (χ3n) is 2.29. The first kappa shape index (κ1) is 11.8. The first-order valence-electron chi connectivity index (χ1n) is 5.61. The molecular formula is C14H16FNO. The predicted octanol–water partition coefficient (Wildman–Crippen LogP) is 3.86. The second-order valence-electron chi connectivity index (χ2n) is 5.15. The standard InChI is InChI=1S/C14H16FNO/c1-9-7-10-5-6-11(15)8-12(10)13(16-9)17-14(2,3)4/h5-8H,1-4H3. The van der Waals surface area contributed by atoms with Crippen LogP contribution in [-0.4, -0.2) is 10.6 Å². The van der Waals surface area contributed by atoms with Gasteiger partial charge in [-0.05, 0) is 51.3 Å². The molecule has 17 heavy (non-hydrogen) atoms. The molecule has 0 bridgehead atoms. The monoisotopic (exact) mass is 233 g/mol. The van der Waals surface area contributed by atoms with E-state index >= 15 is 0 Å². The summed E-state index contributed by atoms with van der Waals surface area (Å²) in [5.74, 6) is 0.217. The molecule has 0 saturated carbocycles. The minimum absolute atomic E-state index is 0.276. The fraction of sp³-hybridized carbons (Fsp3) is 0.357. The maximum Gasteiger partial charge on any atom is 0.222 e. The van der Waals surface area contributed by atoms with E-state index in [4.69, 9.17) is 4.74 Å². The lowest BCUT2D eigenvalue weighted by Crippen LogP contribution is -2.23. The molecule has 1 aromatic carbocycles. The summed E-state index contributed by atoms with van der Waals surface area (Å²) in [6.07, 6.45) is 0. The molecule has 1 heterocycles. The van der Waals surface area contributed by atoms with Crippen LogP contribution in [0.5, 0.6) is 5.88 Å². The van der Waals surface area contributed by atoms with Crippen LogP contribution in [0.1, 0.15) is 26.5 Å². The van der Waals surface area contributed by atoms with E-state index in [0.29, 0.717) is 11.3 Å². The van der Waals surface area contributed by atoms with Crippen molar-refractivity contribution in [1.29, 1.82) is 0 Å². The van der Waals surface area contributed by atoms with Gasteiger partial charge in [0.1, 0.15) is 11.4 Å². The van der Waals surface area contributed by atoms with Gasteiger partial charge in [0.2, 0.25) is 5.88 Å². The van der Waals surface area contributed by atoms with Gasteiger partial charge in [-0.15, -0.1) is 0 Å². The van der Waals surface area contributed by atoms with Crippen molar-refractivity contribution in [3.05, 3.63) is 35.8 Å². The normalized spacial score (nSPS) is 11.8. The number of aromatic nitrogens is 1. The Balaban J connectivity index is 2.63. The zero-order valence-corrected chi connectivity index (χ0v) is 10.5. The summed E-state index contributed by atoms with van der Waals surface area (Å²) in [5, 5.41) is 1.66. The summed E-state index contributed by atoms with van der Waals surface area (Å²) in [5.41, 5.74) is 0.517. The number of halogens is 1. The van der Waals surface area contributed by atoms with Crippen LogP contribution in [-0.2, 0) is 0 Å². The van der Waals surface area contributed by atoms with Crippen LogP contribution >= 0.6 is 0 Å². The number of rotatable bonds is 1. The Morgan fingerprint density at radius 1 is 1.18 bits per heavy atom. The summed E-state index contributed by atoms with van der Waals surface area (Å²) in [7, 11) is 0. The third kappa shape index (κ3) is 2.73. The molecule has 2 aromatic rings. The first-order valence-corrected chi connectivity index (χ1v) is 5.61. The van der Waals surface area contributed by atoms with Crippen molar-refractivity contribution in [1.82, 2.24) is 4.98 Å². The van der Waals surface area contributed by atoms with Gasteiger partial charge in [-0.3, -0.25) is 0 Å². The van der Waals surface area contributed by atoms with E-state index < -0.39 is 0 Å². The lowest BCUT2D eigenvalue weighted by molar-refractivity contribution is 0.126. The highest BCUT2D eigenvalue weighted by molar-refractivity contribution is 5.87. The van der Waals surface area contributed by atoms with Gasteiger partial charge in [-0.1, -0.05) is 6.07 Å². The topological polar surface area (TPSA) is 22.1 Å². The van der Waals surface area contributed by atoms with Crippen molar-refractivity contribution in [2.75, 3.05) is 0 Å². The molecule has 0 saturated heterocycles. The highest BCUT2D eigenvalue weighted by atomic mass is 19.1. The minimum atomic E-state index is -0.347. The average molecular weight is 233 g/mol. The molecule has 3 heteroatoms. The fourth-order valence-corrected chi connectivity index (χ4v) is 1.69. The maximum absolute atomic E-state index is 13.3. The number of hydrogen-bond acceptors (Lipinski definition) is 2. The number of ether oxygens (including phenoxy) is 1. The molecule has 0 fully saturated rings. The third-order valence-corrected chi connectivity index (χ3v) is 2.29. The molecule has 0 unspecified atom stereocenters. The van der Waals surface area contributed by atoms with E-state index in [2.05, 4.69) is 4.98 Å². The first-order chi connectivity index (χ1) is 7.85. The van der Waals surface area contributed by atoms with Crippen LogP contribution in [0.25, 0.3) is 10.8 Å². The summed E-state index contributed by atoms with van der Waals surface area (Å²) < 4.78 is 19.0. The Labute approximate surface area is 100 Å². The van der Waals surface area contributed by atoms with Gasteiger partial charge in [0.15, 0.2) is 0 Å². The smallest absolute Gasteiger partial charge is 0.222 e. The van der Waals surface area contributed by atoms with Gasteiger partial charge < -0.3 is 4.74 Å². The molecule has 0 spiro atoms. The average Bonchev–Trinajstić information content (AvgIpc) is 2.16. The Morgan fingerprint density at radius 3 is 2.53 bits per heavy atom. The largest absolute Gasteiger partial charge is 0.471 e. The minimum Gasteiger partial charge on any atom is -0.471 e. The molecule has 0 aliphatic carbocycles. The van der Waals surface area contributed by atoms with Gasteiger partial charge in [-0.25, -0.2) is 9.37 Å². The van der Waals surface area contributed by atoms with Crippen LogP contribution in [0.3, 0.4) is 0 Å². The van der Waals surface area contributed by atoms with E-state index in [-0.39, 0.29) is 11.4 Å². The van der Waals surface area contributed by atoms with E-state index in [0.717, 1.165) is 11.1 Å². The molecule has 2 rings (SSSR count). The number of fused-ring (bicyclic) bond motifs is 1. The van der Waals surface area contributed by atoms with Crippen LogP contribution in [0.2, 0.25) is 0 Å². The van der Waals surface area contributed by atoms with Crippen molar-refractivity contribution in [2.45, 2.75) is 33.3 Å². The molecule has 0 N–H and O–H groups in total. The van der Waals surface area contributed by atoms with Crippen molar-refractivity contribution in [3.8, 4) is 5.88 Å². The van der Waals surface area contributed by atoms with Crippen LogP contribution in [0.15, 0.2) is 24.3 Å². The van der Waals surface area contributed by atoms with Crippen molar-refractivity contribution in [2.24, 2.45) is 0 Å². The summed E-state index contributed by atoms with van der Waals surface area (Å²) in [6, 6.07) is 6.57. The van der Waals surface area contributed by atoms with Crippen LogP contribution in [0, 0.1) is 12.7 Å². The zero-order chi connectivity index (χ0) is 12.6. The molecule has 2 nitrogen and oxygen atoms in total. The van der Waals surface area contributed by atoms with Crippen molar-refractivity contribution in [3.63, 3.8) is 0 Å². The second kappa shape index (κ2) is 3.99. The molecule has 1 aromatic heterocycles. The summed E-state index contributed by atoms with van der Waals surface area (Å²) >= 11 is 0. The Morgan fingerprint density at radius 2 is 1.88 bits per heavy atom. The zero-order valence-electron chi connectivity index (χ0n) is 10.5. The molecule has 0 radical (unpaired) electrons. The molecule has 90 valence electrons. The summed E-state index contributed by atoms with van der Waals surface area (Å²) in [6.45, 7) is 7.74. The number of pyridine rings is 1. The highest BCUT2D eigenvalue weighted by Crippen LogP contribution is 2.28. The van der Waals surface area contributed by atoms with Gasteiger partial charge in [0.05, 0.1) is 0 Å². The van der Waals surface area contributed by atoms with Crippen LogP contribution < -0.4 is 4.74 Å². The Hall–Kier alpha value is -1.64. The molecular weight excluding hydrogens is 217 g/mol. The molecule has 0 amide bonds. The van der Waals surface area contributed by atoms with E-state index in [9.17, 15) is 4.39 Å². The van der Waals surface area contributed by atoms with E-state index in [1.54, 1.807) is 6.07 Å². The van der Waals surface area contributed by atoms with Crippen LogP contribution in [0.4, 0.5) is 4.39 Å². The summed E-state index contributed by atoms with van der Waals surface area (Å²) in [4.78, 5) is 4.34. The van der Waals surface area contributed by atoms with E-state index in [1.807, 2.05) is 33.8 Å². The SMILES string of the molecule is Cc1cc2ccc(F)cc2c(OC(C)(C)C)n1. The van der Waals surface area contributed by atoms with Crippen molar-refractivity contribution < 1.29 is 9.13 Å². The Bertz CT molecular complexity index is 558. The lowest BCUT2D eigenvalue weighted by atomic mass is 10.1. The van der Waals surface area contributed by atoms with Crippen molar-refractivity contribution >= 4 is 10.8 Å². The number of hydrogen-bond donors (Lipinski definition) is 0. The number of nitrogens with zero attached hydrogens (tertiary/aromatic N) is 1.